The van der Waals surface area contributed by atoms with Crippen LogP contribution >= 0.6 is 11.8 Å². The number of nitrogens with zero attached hydrogens (tertiary/aromatic N) is 1. The third kappa shape index (κ3) is 6.99. The van der Waals surface area contributed by atoms with Gasteiger partial charge in [0.15, 0.2) is 0 Å². The van der Waals surface area contributed by atoms with Crippen LogP contribution in [0.15, 0.2) is 89.8 Å². The second kappa shape index (κ2) is 12.1. The molecule has 0 saturated heterocycles. The largest absolute Gasteiger partial charge is 0.355 e. The maximum atomic E-state index is 13.5. The van der Waals surface area contributed by atoms with Crippen LogP contribution in [0.2, 0.25) is 0 Å². The van der Waals surface area contributed by atoms with Crippen molar-refractivity contribution in [3.63, 3.8) is 0 Å². The fourth-order valence-corrected chi connectivity index (χ4v) is 4.29. The van der Waals surface area contributed by atoms with Gasteiger partial charge in [0.2, 0.25) is 11.8 Å². The summed E-state index contributed by atoms with van der Waals surface area (Å²) in [5, 5.41) is 2.93. The van der Waals surface area contributed by atoms with Gasteiger partial charge in [-0.15, -0.1) is 11.8 Å². The molecule has 0 bridgehead atoms. The normalized spacial score (nSPS) is 11.6. The van der Waals surface area contributed by atoms with E-state index in [2.05, 4.69) is 5.32 Å². The Hall–Kier alpha value is -3.05. The molecule has 3 aromatic carbocycles. The summed E-state index contributed by atoms with van der Waals surface area (Å²) in [6, 6.07) is 27.3. The van der Waals surface area contributed by atoms with Crippen LogP contribution < -0.4 is 5.32 Å². The lowest BCUT2D eigenvalue weighted by molar-refractivity contribution is -0.139. The zero-order valence-electron chi connectivity index (χ0n) is 18.7. The third-order valence-electron chi connectivity index (χ3n) is 5.20. The first-order chi connectivity index (χ1) is 15.6. The van der Waals surface area contributed by atoms with E-state index >= 15 is 0 Å². The van der Waals surface area contributed by atoms with E-state index in [-0.39, 0.29) is 17.6 Å². The highest BCUT2D eigenvalue weighted by Crippen LogP contribution is 2.21. The molecule has 0 heterocycles. The molecular weight excluding hydrogens is 416 g/mol. The van der Waals surface area contributed by atoms with Gasteiger partial charge in [-0.1, -0.05) is 78.4 Å². The van der Waals surface area contributed by atoms with Crippen LogP contribution in [-0.2, 0) is 22.6 Å². The molecule has 0 aliphatic heterocycles. The maximum absolute atomic E-state index is 13.5. The molecular formula is C27H30N2O2S. The summed E-state index contributed by atoms with van der Waals surface area (Å²) >= 11 is 1.50. The molecule has 166 valence electrons. The molecule has 4 nitrogen and oxygen atoms in total. The van der Waals surface area contributed by atoms with Crippen LogP contribution in [0.3, 0.4) is 0 Å². The van der Waals surface area contributed by atoms with Crippen LogP contribution in [0.4, 0.5) is 0 Å². The number of carbonyl (C=O) groups excluding carboxylic acids is 2. The molecule has 5 heteroatoms. The number of thioether (sulfide) groups is 1. The highest BCUT2D eigenvalue weighted by Gasteiger charge is 2.30. The molecule has 32 heavy (non-hydrogen) atoms. The summed E-state index contributed by atoms with van der Waals surface area (Å²) in [6.45, 7) is 4.85. The predicted octanol–water partition coefficient (Wildman–Crippen LogP) is 4.86. The molecule has 1 N–H and O–H groups in total. The minimum atomic E-state index is -0.581. The Bertz CT molecular complexity index is 991. The second-order valence-electron chi connectivity index (χ2n) is 7.71. The van der Waals surface area contributed by atoms with E-state index in [1.54, 1.807) is 4.90 Å². The summed E-state index contributed by atoms with van der Waals surface area (Å²) in [5.41, 5.74) is 3.20. The Morgan fingerprint density at radius 3 is 2.12 bits per heavy atom. The number of hydrogen-bond donors (Lipinski definition) is 1. The SMILES string of the molecule is CCNC(=O)[C@@H](Cc1ccccc1)N(Cc1ccc(C)cc1)C(=O)CSc1ccccc1. The van der Waals surface area contributed by atoms with E-state index < -0.39 is 6.04 Å². The molecule has 0 aromatic heterocycles. The van der Waals surface area contributed by atoms with E-state index in [1.165, 1.54) is 11.8 Å². The van der Waals surface area contributed by atoms with Crippen LogP contribution in [0.5, 0.6) is 0 Å². The quantitative estimate of drug-likeness (QED) is 0.452. The number of rotatable bonds is 10. The van der Waals surface area contributed by atoms with Gasteiger partial charge in [0.05, 0.1) is 5.75 Å². The first-order valence-electron chi connectivity index (χ1n) is 10.9. The summed E-state index contributed by atoms with van der Waals surface area (Å²) in [7, 11) is 0. The van der Waals surface area contributed by atoms with Crippen LogP contribution in [-0.4, -0.2) is 35.1 Å². The van der Waals surface area contributed by atoms with Crippen molar-refractivity contribution in [3.8, 4) is 0 Å². The average Bonchev–Trinajstić information content (AvgIpc) is 2.82. The van der Waals surface area contributed by atoms with Crippen molar-refractivity contribution in [2.24, 2.45) is 0 Å². The van der Waals surface area contributed by atoms with Gasteiger partial charge in [0.1, 0.15) is 6.04 Å². The standard InChI is InChI=1S/C27H30N2O2S/c1-3-28-27(31)25(18-22-10-6-4-7-11-22)29(19-23-16-14-21(2)15-17-23)26(30)20-32-24-12-8-5-9-13-24/h4-17,25H,3,18-20H2,1-2H3,(H,28,31)/t25-/m1/s1. The van der Waals surface area contributed by atoms with Gasteiger partial charge < -0.3 is 10.2 Å². The van der Waals surface area contributed by atoms with Crippen molar-refractivity contribution < 1.29 is 9.59 Å². The molecule has 3 aromatic rings. The smallest absolute Gasteiger partial charge is 0.243 e. The highest BCUT2D eigenvalue weighted by molar-refractivity contribution is 8.00. The van der Waals surface area contributed by atoms with Crippen molar-refractivity contribution in [1.29, 1.82) is 0 Å². The van der Waals surface area contributed by atoms with E-state index in [0.717, 1.165) is 21.6 Å². The zero-order valence-corrected chi connectivity index (χ0v) is 19.5. The average molecular weight is 447 g/mol. The number of aryl methyl sites for hydroxylation is 1. The molecule has 0 aliphatic carbocycles. The lowest BCUT2D eigenvalue weighted by atomic mass is 10.0. The minimum Gasteiger partial charge on any atom is -0.355 e. The third-order valence-corrected chi connectivity index (χ3v) is 6.20. The molecule has 2 amide bonds. The lowest BCUT2D eigenvalue weighted by Gasteiger charge is -2.31. The van der Waals surface area contributed by atoms with Crippen LogP contribution in [0.1, 0.15) is 23.6 Å². The number of hydrogen-bond acceptors (Lipinski definition) is 3. The summed E-state index contributed by atoms with van der Waals surface area (Å²) in [5.74, 6) is 0.105. The molecule has 0 saturated carbocycles. The lowest BCUT2D eigenvalue weighted by Crippen LogP contribution is -2.51. The molecule has 1 atom stereocenters. The molecule has 0 fully saturated rings. The zero-order chi connectivity index (χ0) is 22.8. The highest BCUT2D eigenvalue weighted by atomic mass is 32.2. The molecule has 3 rings (SSSR count). The Kier molecular flexibility index (Phi) is 8.93. The van der Waals surface area contributed by atoms with Crippen molar-refractivity contribution >= 4 is 23.6 Å². The number of likely N-dealkylation sites (N-methyl/N-ethyl adjacent to an activating group) is 1. The van der Waals surface area contributed by atoms with Gasteiger partial charge in [0, 0.05) is 24.4 Å². The second-order valence-corrected chi connectivity index (χ2v) is 8.76. The van der Waals surface area contributed by atoms with Crippen molar-refractivity contribution in [1.82, 2.24) is 10.2 Å². The Balaban J connectivity index is 1.87. The first kappa shape index (κ1) is 23.6. The molecule has 0 aliphatic rings. The van der Waals surface area contributed by atoms with E-state index in [4.69, 9.17) is 0 Å². The van der Waals surface area contributed by atoms with Crippen molar-refractivity contribution in [2.75, 3.05) is 12.3 Å². The fraction of sp³-hybridized carbons (Fsp3) is 0.259. The van der Waals surface area contributed by atoms with Crippen LogP contribution in [0, 0.1) is 6.92 Å². The number of nitrogens with one attached hydrogen (secondary N) is 1. The summed E-state index contributed by atoms with van der Waals surface area (Å²) in [6.07, 6.45) is 0.472. The fourth-order valence-electron chi connectivity index (χ4n) is 3.48. The molecule has 0 unspecified atom stereocenters. The Morgan fingerprint density at radius 2 is 1.50 bits per heavy atom. The van der Waals surface area contributed by atoms with Gasteiger partial charge in [-0.3, -0.25) is 9.59 Å². The molecule has 0 radical (unpaired) electrons. The van der Waals surface area contributed by atoms with E-state index in [1.807, 2.05) is 98.8 Å². The number of carbonyl (C=O) groups is 2. The maximum Gasteiger partial charge on any atom is 0.243 e. The topological polar surface area (TPSA) is 49.4 Å². The summed E-state index contributed by atoms with van der Waals surface area (Å²) < 4.78 is 0. The minimum absolute atomic E-state index is 0.0494. The van der Waals surface area contributed by atoms with Gasteiger partial charge in [-0.25, -0.2) is 0 Å². The van der Waals surface area contributed by atoms with Gasteiger partial charge >= 0.3 is 0 Å². The van der Waals surface area contributed by atoms with Gasteiger partial charge in [-0.2, -0.15) is 0 Å². The van der Waals surface area contributed by atoms with Crippen molar-refractivity contribution in [3.05, 3.63) is 102 Å². The Labute approximate surface area is 195 Å². The predicted molar refractivity (Wildman–Crippen MR) is 132 cm³/mol. The van der Waals surface area contributed by atoms with Crippen LogP contribution in [0.25, 0.3) is 0 Å². The Morgan fingerprint density at radius 1 is 0.875 bits per heavy atom. The van der Waals surface area contributed by atoms with E-state index in [9.17, 15) is 9.59 Å². The molecule has 0 spiro atoms. The number of amides is 2. The monoisotopic (exact) mass is 446 g/mol. The first-order valence-corrected chi connectivity index (χ1v) is 11.9. The number of benzene rings is 3. The summed E-state index contributed by atoms with van der Waals surface area (Å²) in [4.78, 5) is 29.3. The van der Waals surface area contributed by atoms with Crippen molar-refractivity contribution in [2.45, 2.75) is 37.8 Å². The van der Waals surface area contributed by atoms with E-state index in [0.29, 0.717) is 19.5 Å². The van der Waals surface area contributed by atoms with Gasteiger partial charge in [0.25, 0.3) is 0 Å². The van der Waals surface area contributed by atoms with Gasteiger partial charge in [-0.05, 0) is 37.1 Å².